The van der Waals surface area contributed by atoms with Crippen molar-refractivity contribution in [3.8, 4) is 11.4 Å². The quantitative estimate of drug-likeness (QED) is 0.447. The van der Waals surface area contributed by atoms with Gasteiger partial charge in [0.1, 0.15) is 0 Å². The van der Waals surface area contributed by atoms with E-state index < -0.39 is 10.0 Å². The molecule has 4 aromatic rings. The Labute approximate surface area is 176 Å². The number of benzene rings is 3. The fourth-order valence-electron chi connectivity index (χ4n) is 3.36. The average Bonchev–Trinajstić information content (AvgIpc) is 3.20. The third-order valence-electron chi connectivity index (χ3n) is 4.94. The van der Waals surface area contributed by atoms with Crippen LogP contribution in [-0.2, 0) is 16.6 Å². The molecule has 0 spiro atoms. The van der Waals surface area contributed by atoms with E-state index in [1.54, 1.807) is 12.1 Å². The maximum absolute atomic E-state index is 13.4. The van der Waals surface area contributed by atoms with E-state index in [1.807, 2.05) is 75.4 Å². The number of fused-ring (bicyclic) bond motifs is 1. The Morgan fingerprint density at radius 2 is 1.73 bits per heavy atom. The molecule has 0 saturated carbocycles. The Bertz CT molecular complexity index is 1300. The summed E-state index contributed by atoms with van der Waals surface area (Å²) in [6.07, 6.45) is 0. The van der Waals surface area contributed by atoms with Crippen LogP contribution in [0.25, 0.3) is 22.2 Å². The molecule has 154 valence electrons. The molecule has 0 radical (unpaired) electrons. The van der Waals surface area contributed by atoms with E-state index in [0.29, 0.717) is 5.82 Å². The summed E-state index contributed by atoms with van der Waals surface area (Å²) < 4.78 is 33.5. The van der Waals surface area contributed by atoms with Gasteiger partial charge in [0.15, 0.2) is 0 Å². The first-order valence-electron chi connectivity index (χ1n) is 9.75. The van der Waals surface area contributed by atoms with Crippen LogP contribution in [0.1, 0.15) is 25.3 Å². The monoisotopic (exact) mass is 421 g/mol. The van der Waals surface area contributed by atoms with E-state index in [9.17, 15) is 8.42 Å². The van der Waals surface area contributed by atoms with E-state index >= 15 is 0 Å². The van der Waals surface area contributed by atoms with Crippen molar-refractivity contribution in [2.24, 2.45) is 0 Å². The molecule has 1 heterocycles. The molecule has 4 rings (SSSR count). The summed E-state index contributed by atoms with van der Waals surface area (Å²) in [6, 6.07) is 20.3. The Balaban J connectivity index is 1.65. The molecule has 0 aliphatic heterocycles. The van der Waals surface area contributed by atoms with Gasteiger partial charge in [0, 0.05) is 11.6 Å². The van der Waals surface area contributed by atoms with Gasteiger partial charge in [0.2, 0.25) is 21.7 Å². The topological polar surface area (TPSA) is 76.3 Å². The fraction of sp³-hybridized carbons (Fsp3) is 0.217. The van der Waals surface area contributed by atoms with Gasteiger partial charge in [-0.15, -0.1) is 0 Å². The van der Waals surface area contributed by atoms with Gasteiger partial charge in [-0.2, -0.15) is 9.29 Å². The molecular weight excluding hydrogens is 398 g/mol. The highest BCUT2D eigenvalue weighted by Gasteiger charge is 2.29. The largest absolute Gasteiger partial charge is 0.338 e. The van der Waals surface area contributed by atoms with Crippen molar-refractivity contribution in [2.45, 2.75) is 38.3 Å². The van der Waals surface area contributed by atoms with Crippen LogP contribution in [-0.4, -0.2) is 28.9 Å². The van der Waals surface area contributed by atoms with Gasteiger partial charge < -0.3 is 4.52 Å². The van der Waals surface area contributed by atoms with E-state index in [-0.39, 0.29) is 23.4 Å². The normalized spacial score (nSPS) is 12.2. The zero-order chi connectivity index (χ0) is 21.3. The number of hydrogen-bond donors (Lipinski definition) is 0. The second kappa shape index (κ2) is 8.01. The molecule has 0 bridgehead atoms. The molecule has 0 aliphatic carbocycles. The van der Waals surface area contributed by atoms with Gasteiger partial charge in [0.25, 0.3) is 0 Å². The molecule has 1 aromatic heterocycles. The van der Waals surface area contributed by atoms with Crippen LogP contribution < -0.4 is 0 Å². The summed E-state index contributed by atoms with van der Waals surface area (Å²) in [5, 5.41) is 5.90. The first-order valence-corrected chi connectivity index (χ1v) is 11.2. The van der Waals surface area contributed by atoms with E-state index in [4.69, 9.17) is 4.52 Å². The van der Waals surface area contributed by atoms with Crippen LogP contribution in [0.4, 0.5) is 0 Å². The lowest BCUT2D eigenvalue weighted by atomic mass is 10.1. The van der Waals surface area contributed by atoms with Crippen LogP contribution in [0, 0.1) is 6.92 Å². The number of aromatic nitrogens is 2. The van der Waals surface area contributed by atoms with Gasteiger partial charge in [-0.05, 0) is 49.7 Å². The van der Waals surface area contributed by atoms with Crippen LogP contribution in [0.3, 0.4) is 0 Å². The Kier molecular flexibility index (Phi) is 5.40. The van der Waals surface area contributed by atoms with Gasteiger partial charge >= 0.3 is 0 Å². The zero-order valence-electron chi connectivity index (χ0n) is 17.1. The molecule has 30 heavy (non-hydrogen) atoms. The molecule has 0 unspecified atom stereocenters. The average molecular weight is 422 g/mol. The predicted molar refractivity (Wildman–Crippen MR) is 116 cm³/mol. The first kappa shape index (κ1) is 20.3. The molecular formula is C23H23N3O3S. The highest BCUT2D eigenvalue weighted by molar-refractivity contribution is 7.89. The van der Waals surface area contributed by atoms with E-state index in [2.05, 4.69) is 10.1 Å². The standard InChI is InChI=1S/C23H23N3O3S/c1-16(2)26(15-22-24-23(25-29-22)20-10-6-7-17(3)13-20)30(27,28)21-12-11-18-8-4-5-9-19(18)14-21/h4-14,16H,15H2,1-3H3. The van der Waals surface area contributed by atoms with Gasteiger partial charge in [-0.25, -0.2) is 8.42 Å². The highest BCUT2D eigenvalue weighted by Crippen LogP contribution is 2.25. The Morgan fingerprint density at radius 1 is 0.967 bits per heavy atom. The minimum absolute atomic E-state index is 0.00560. The smallest absolute Gasteiger partial charge is 0.243 e. The summed E-state index contributed by atoms with van der Waals surface area (Å²) in [5.74, 6) is 0.699. The lowest BCUT2D eigenvalue weighted by molar-refractivity contribution is 0.286. The van der Waals surface area contributed by atoms with Crippen LogP contribution in [0.5, 0.6) is 0 Å². The second-order valence-electron chi connectivity index (χ2n) is 7.53. The Hall–Kier alpha value is -3.03. The van der Waals surface area contributed by atoms with E-state index in [0.717, 1.165) is 21.9 Å². The molecule has 0 fully saturated rings. The van der Waals surface area contributed by atoms with Gasteiger partial charge in [0.05, 0.1) is 11.4 Å². The summed E-state index contributed by atoms with van der Waals surface area (Å²) in [6.45, 7) is 5.65. The number of sulfonamides is 1. The number of aryl methyl sites for hydroxylation is 1. The van der Waals surface area contributed by atoms with Crippen molar-refractivity contribution >= 4 is 20.8 Å². The Morgan fingerprint density at radius 3 is 2.47 bits per heavy atom. The highest BCUT2D eigenvalue weighted by atomic mass is 32.2. The van der Waals surface area contributed by atoms with Crippen LogP contribution in [0.15, 0.2) is 76.1 Å². The summed E-state index contributed by atoms with van der Waals surface area (Å²) >= 11 is 0. The third kappa shape index (κ3) is 3.99. The fourth-order valence-corrected chi connectivity index (χ4v) is 4.98. The third-order valence-corrected chi connectivity index (χ3v) is 6.96. The number of rotatable bonds is 6. The SMILES string of the molecule is Cc1cccc(-c2noc(CN(C(C)C)S(=O)(=O)c3ccc4ccccc4c3)n2)c1. The van der Waals surface area contributed by atoms with Crippen LogP contribution >= 0.6 is 0 Å². The molecule has 0 amide bonds. The molecule has 0 N–H and O–H groups in total. The maximum Gasteiger partial charge on any atom is 0.243 e. The maximum atomic E-state index is 13.4. The lowest BCUT2D eigenvalue weighted by Gasteiger charge is -2.24. The molecule has 0 saturated heterocycles. The minimum Gasteiger partial charge on any atom is -0.338 e. The zero-order valence-corrected chi connectivity index (χ0v) is 17.9. The number of nitrogens with zero attached hydrogens (tertiary/aromatic N) is 3. The summed E-state index contributed by atoms with van der Waals surface area (Å²) in [7, 11) is -3.75. The van der Waals surface area contributed by atoms with Crippen molar-refractivity contribution in [3.63, 3.8) is 0 Å². The molecule has 3 aromatic carbocycles. The van der Waals surface area contributed by atoms with E-state index in [1.165, 1.54) is 4.31 Å². The van der Waals surface area contributed by atoms with Gasteiger partial charge in [-0.1, -0.05) is 59.3 Å². The molecule has 7 heteroatoms. The molecule has 6 nitrogen and oxygen atoms in total. The lowest BCUT2D eigenvalue weighted by Crippen LogP contribution is -2.36. The summed E-state index contributed by atoms with van der Waals surface area (Å²) in [4.78, 5) is 4.66. The number of hydrogen-bond acceptors (Lipinski definition) is 5. The van der Waals surface area contributed by atoms with Crippen molar-refractivity contribution in [1.82, 2.24) is 14.4 Å². The van der Waals surface area contributed by atoms with Gasteiger partial charge in [-0.3, -0.25) is 0 Å². The molecule has 0 aliphatic rings. The van der Waals surface area contributed by atoms with Crippen molar-refractivity contribution in [3.05, 3.63) is 78.2 Å². The van der Waals surface area contributed by atoms with Crippen molar-refractivity contribution in [2.75, 3.05) is 0 Å². The molecule has 0 atom stereocenters. The van der Waals surface area contributed by atoms with Crippen molar-refractivity contribution < 1.29 is 12.9 Å². The summed E-state index contributed by atoms with van der Waals surface area (Å²) in [5.41, 5.74) is 1.92. The predicted octanol–water partition coefficient (Wildman–Crippen LogP) is 4.80. The van der Waals surface area contributed by atoms with Crippen molar-refractivity contribution in [1.29, 1.82) is 0 Å². The first-order chi connectivity index (χ1) is 14.3. The second-order valence-corrected chi connectivity index (χ2v) is 9.42. The minimum atomic E-state index is -3.75. The van der Waals surface area contributed by atoms with Crippen LogP contribution in [0.2, 0.25) is 0 Å².